The summed E-state index contributed by atoms with van der Waals surface area (Å²) in [5.41, 5.74) is 5.62. The zero-order valence-electron chi connectivity index (χ0n) is 9.59. The third kappa shape index (κ3) is 5.58. The smallest absolute Gasteiger partial charge is 0.0641 e. The molecule has 0 radical (unpaired) electrons. The summed E-state index contributed by atoms with van der Waals surface area (Å²) in [5.74, 6) is 0. The lowest BCUT2D eigenvalue weighted by molar-refractivity contribution is 0.0712. The lowest BCUT2D eigenvalue weighted by Gasteiger charge is -2.27. The normalized spacial score (nSPS) is 19.9. The van der Waals surface area contributed by atoms with E-state index in [0.717, 1.165) is 13.2 Å². The number of hydrogen-bond donors (Lipinski definition) is 1. The second-order valence-corrected chi connectivity index (χ2v) is 4.94. The van der Waals surface area contributed by atoms with Crippen LogP contribution in [0, 0.1) is 0 Å². The Kier molecular flexibility index (Phi) is 4.85. The summed E-state index contributed by atoms with van der Waals surface area (Å²) in [6.07, 6.45) is 4.10. The predicted molar refractivity (Wildman–Crippen MR) is 59.4 cm³/mol. The first kappa shape index (κ1) is 12.0. The Labute approximate surface area is 87.6 Å². The molecule has 0 atom stereocenters. The van der Waals surface area contributed by atoms with Crippen LogP contribution in [0.2, 0.25) is 0 Å². The van der Waals surface area contributed by atoms with Crippen LogP contribution in [0.3, 0.4) is 0 Å². The van der Waals surface area contributed by atoms with Gasteiger partial charge in [-0.1, -0.05) is 6.42 Å². The van der Waals surface area contributed by atoms with Crippen LogP contribution < -0.4 is 5.73 Å². The molecule has 0 aromatic carbocycles. The molecule has 1 aliphatic rings. The van der Waals surface area contributed by atoms with Gasteiger partial charge >= 0.3 is 0 Å². The van der Waals surface area contributed by atoms with Gasteiger partial charge in [-0.3, -0.25) is 0 Å². The van der Waals surface area contributed by atoms with E-state index in [-0.39, 0.29) is 5.54 Å². The second-order valence-electron chi connectivity index (χ2n) is 4.94. The van der Waals surface area contributed by atoms with Crippen LogP contribution in [0.15, 0.2) is 0 Å². The number of piperidine rings is 1. The van der Waals surface area contributed by atoms with Crippen LogP contribution in [-0.4, -0.2) is 43.3 Å². The standard InChI is InChI=1S/C11H24N2O/c1-11(2,12)10-14-9-8-13-6-4-3-5-7-13/h3-10,12H2,1-2H3. The molecule has 0 aromatic rings. The van der Waals surface area contributed by atoms with E-state index in [2.05, 4.69) is 4.90 Å². The predicted octanol–water partition coefficient (Wildman–Crippen LogP) is 1.23. The Hall–Kier alpha value is -0.120. The summed E-state index contributed by atoms with van der Waals surface area (Å²) in [6.45, 7) is 9.02. The third-order valence-electron chi connectivity index (χ3n) is 2.47. The molecule has 1 saturated heterocycles. The highest BCUT2D eigenvalue weighted by molar-refractivity contribution is 4.70. The number of rotatable bonds is 5. The fraction of sp³-hybridized carbons (Fsp3) is 1.00. The highest BCUT2D eigenvalue weighted by Crippen LogP contribution is 2.07. The molecule has 1 rings (SSSR count). The van der Waals surface area contributed by atoms with Crippen LogP contribution in [0.5, 0.6) is 0 Å². The zero-order valence-corrected chi connectivity index (χ0v) is 9.59. The average molecular weight is 200 g/mol. The summed E-state index contributed by atoms with van der Waals surface area (Å²) < 4.78 is 5.53. The van der Waals surface area contributed by atoms with Crippen molar-refractivity contribution in [2.75, 3.05) is 32.8 Å². The molecule has 0 bridgehead atoms. The maximum absolute atomic E-state index is 5.82. The maximum atomic E-state index is 5.82. The van der Waals surface area contributed by atoms with Gasteiger partial charge in [0.15, 0.2) is 0 Å². The number of nitrogens with zero attached hydrogens (tertiary/aromatic N) is 1. The minimum atomic E-state index is -0.193. The van der Waals surface area contributed by atoms with Crippen molar-refractivity contribution in [1.82, 2.24) is 4.90 Å². The molecular weight excluding hydrogens is 176 g/mol. The Balaban J connectivity index is 1.97. The highest BCUT2D eigenvalue weighted by atomic mass is 16.5. The van der Waals surface area contributed by atoms with Gasteiger partial charge in [0.25, 0.3) is 0 Å². The average Bonchev–Trinajstić information content (AvgIpc) is 2.13. The zero-order chi connectivity index (χ0) is 10.4. The van der Waals surface area contributed by atoms with Crippen molar-refractivity contribution in [3.05, 3.63) is 0 Å². The van der Waals surface area contributed by atoms with Gasteiger partial charge in [-0.15, -0.1) is 0 Å². The second kappa shape index (κ2) is 5.69. The van der Waals surface area contributed by atoms with Crippen LogP contribution in [-0.2, 0) is 4.74 Å². The monoisotopic (exact) mass is 200 g/mol. The third-order valence-corrected chi connectivity index (χ3v) is 2.47. The van der Waals surface area contributed by atoms with Crippen molar-refractivity contribution in [3.8, 4) is 0 Å². The van der Waals surface area contributed by atoms with E-state index in [1.54, 1.807) is 0 Å². The summed E-state index contributed by atoms with van der Waals surface area (Å²) in [7, 11) is 0. The Morgan fingerprint density at radius 3 is 2.43 bits per heavy atom. The molecule has 2 N–H and O–H groups in total. The van der Waals surface area contributed by atoms with E-state index in [1.807, 2.05) is 13.8 Å². The highest BCUT2D eigenvalue weighted by Gasteiger charge is 2.12. The molecule has 0 saturated carbocycles. The van der Waals surface area contributed by atoms with Gasteiger partial charge in [-0.25, -0.2) is 0 Å². The van der Waals surface area contributed by atoms with Gasteiger partial charge in [-0.05, 0) is 39.8 Å². The van der Waals surface area contributed by atoms with Crippen LogP contribution in [0.4, 0.5) is 0 Å². The van der Waals surface area contributed by atoms with Gasteiger partial charge in [0.05, 0.1) is 13.2 Å². The largest absolute Gasteiger partial charge is 0.378 e. The van der Waals surface area contributed by atoms with E-state index in [4.69, 9.17) is 10.5 Å². The molecule has 0 unspecified atom stereocenters. The number of ether oxygens (including phenoxy) is 1. The van der Waals surface area contributed by atoms with Gasteiger partial charge in [-0.2, -0.15) is 0 Å². The minimum Gasteiger partial charge on any atom is -0.378 e. The molecule has 84 valence electrons. The van der Waals surface area contributed by atoms with Crippen LogP contribution in [0.25, 0.3) is 0 Å². The molecule has 14 heavy (non-hydrogen) atoms. The molecule has 3 nitrogen and oxygen atoms in total. The Bertz CT molecular complexity index is 148. The first-order valence-corrected chi connectivity index (χ1v) is 5.67. The van der Waals surface area contributed by atoms with Crippen molar-refractivity contribution in [1.29, 1.82) is 0 Å². The van der Waals surface area contributed by atoms with Crippen molar-refractivity contribution in [3.63, 3.8) is 0 Å². The van der Waals surface area contributed by atoms with E-state index in [0.29, 0.717) is 6.61 Å². The number of hydrogen-bond acceptors (Lipinski definition) is 3. The molecule has 0 aliphatic carbocycles. The number of likely N-dealkylation sites (tertiary alicyclic amines) is 1. The molecule has 1 fully saturated rings. The lowest BCUT2D eigenvalue weighted by atomic mass is 10.1. The van der Waals surface area contributed by atoms with Crippen LogP contribution >= 0.6 is 0 Å². The maximum Gasteiger partial charge on any atom is 0.0641 e. The van der Waals surface area contributed by atoms with Gasteiger partial charge in [0.2, 0.25) is 0 Å². The molecule has 3 heteroatoms. The summed E-state index contributed by atoms with van der Waals surface area (Å²) in [6, 6.07) is 0. The van der Waals surface area contributed by atoms with E-state index < -0.39 is 0 Å². The molecule has 1 aliphatic heterocycles. The first-order chi connectivity index (χ1) is 6.58. The lowest BCUT2D eigenvalue weighted by Crippen LogP contribution is -2.39. The molecule has 0 aromatic heterocycles. The molecular formula is C11H24N2O. The molecule has 0 spiro atoms. The molecule has 1 heterocycles. The molecule has 0 amide bonds. The van der Waals surface area contributed by atoms with Crippen molar-refractivity contribution >= 4 is 0 Å². The van der Waals surface area contributed by atoms with Gasteiger partial charge in [0, 0.05) is 12.1 Å². The van der Waals surface area contributed by atoms with Crippen molar-refractivity contribution < 1.29 is 4.74 Å². The summed E-state index contributed by atoms with van der Waals surface area (Å²) >= 11 is 0. The summed E-state index contributed by atoms with van der Waals surface area (Å²) in [5, 5.41) is 0. The fourth-order valence-electron chi connectivity index (χ4n) is 1.71. The van der Waals surface area contributed by atoms with E-state index in [1.165, 1.54) is 32.4 Å². The Morgan fingerprint density at radius 1 is 1.21 bits per heavy atom. The number of nitrogens with two attached hydrogens (primary N) is 1. The summed E-state index contributed by atoms with van der Waals surface area (Å²) in [4.78, 5) is 2.48. The first-order valence-electron chi connectivity index (χ1n) is 5.67. The minimum absolute atomic E-state index is 0.193. The van der Waals surface area contributed by atoms with Crippen molar-refractivity contribution in [2.24, 2.45) is 5.73 Å². The SMILES string of the molecule is CC(C)(N)COCCN1CCCCC1. The topological polar surface area (TPSA) is 38.5 Å². The van der Waals surface area contributed by atoms with Gasteiger partial charge in [0.1, 0.15) is 0 Å². The van der Waals surface area contributed by atoms with E-state index >= 15 is 0 Å². The van der Waals surface area contributed by atoms with E-state index in [9.17, 15) is 0 Å². The van der Waals surface area contributed by atoms with Crippen LogP contribution in [0.1, 0.15) is 33.1 Å². The Morgan fingerprint density at radius 2 is 1.86 bits per heavy atom. The quantitative estimate of drug-likeness (QED) is 0.678. The fourth-order valence-corrected chi connectivity index (χ4v) is 1.71. The van der Waals surface area contributed by atoms with Crippen molar-refractivity contribution in [2.45, 2.75) is 38.6 Å². The van der Waals surface area contributed by atoms with Gasteiger partial charge < -0.3 is 15.4 Å².